The van der Waals surface area contributed by atoms with Gasteiger partial charge in [0.05, 0.1) is 22.0 Å². The summed E-state index contributed by atoms with van der Waals surface area (Å²) in [6.45, 7) is 1.40. The molecule has 9 heteroatoms. The highest BCUT2D eigenvalue weighted by molar-refractivity contribution is 7.89. The summed E-state index contributed by atoms with van der Waals surface area (Å²) < 4.78 is 43.5. The zero-order valence-corrected chi connectivity index (χ0v) is 14.4. The molecule has 0 atom stereocenters. The van der Waals surface area contributed by atoms with Crippen molar-refractivity contribution in [2.75, 3.05) is 12.9 Å². The first-order valence-electron chi connectivity index (χ1n) is 6.18. The predicted molar refractivity (Wildman–Crippen MR) is 86.9 cm³/mol. The molecule has 0 fully saturated rings. The van der Waals surface area contributed by atoms with E-state index in [1.54, 1.807) is 0 Å². The molecule has 0 aliphatic heterocycles. The minimum Gasteiger partial charge on any atom is -0.479 e. The van der Waals surface area contributed by atoms with Gasteiger partial charge in [-0.15, -0.1) is 6.42 Å². The molecule has 0 spiro atoms. The van der Waals surface area contributed by atoms with Crippen LogP contribution in [0.2, 0.25) is 10.0 Å². The molecule has 1 aromatic heterocycles. The normalized spacial score (nSPS) is 11.3. The fraction of sp³-hybridized carbons (Fsp3) is 0.214. The maximum absolute atomic E-state index is 14.2. The minimum absolute atomic E-state index is 0.0135. The molecule has 0 aliphatic rings. The van der Waals surface area contributed by atoms with Gasteiger partial charge in [-0.25, -0.2) is 12.8 Å². The third kappa shape index (κ3) is 3.44. The van der Waals surface area contributed by atoms with Crippen molar-refractivity contribution in [2.24, 2.45) is 0 Å². The number of hydrogen-bond donors (Lipinski definition) is 0. The van der Waals surface area contributed by atoms with E-state index in [0.717, 1.165) is 16.4 Å². The van der Waals surface area contributed by atoms with Crippen LogP contribution < -0.4 is 4.74 Å². The average Bonchev–Trinajstić information content (AvgIpc) is 2.74. The fourth-order valence-electron chi connectivity index (χ4n) is 1.90. The van der Waals surface area contributed by atoms with Crippen molar-refractivity contribution in [3.63, 3.8) is 0 Å². The SMILES string of the molecule is C#CCOc1cc(-c2nn(S(C)(=O)=O)c(C)c2Cl)c(F)cc1Cl. The molecule has 0 aliphatic carbocycles. The monoisotopic (exact) mass is 376 g/mol. The second-order valence-corrected chi connectivity index (χ2v) is 7.21. The molecule has 23 heavy (non-hydrogen) atoms. The van der Waals surface area contributed by atoms with Crippen LogP contribution in [-0.2, 0) is 10.0 Å². The lowest BCUT2D eigenvalue weighted by molar-refractivity contribution is 0.370. The summed E-state index contributed by atoms with van der Waals surface area (Å²) in [5.74, 6) is 1.68. The van der Waals surface area contributed by atoms with Crippen molar-refractivity contribution in [1.29, 1.82) is 0 Å². The first-order chi connectivity index (χ1) is 10.7. The average molecular weight is 377 g/mol. The van der Waals surface area contributed by atoms with Gasteiger partial charge in [0.15, 0.2) is 0 Å². The van der Waals surface area contributed by atoms with E-state index in [-0.39, 0.29) is 39.4 Å². The van der Waals surface area contributed by atoms with Gasteiger partial charge >= 0.3 is 0 Å². The molecule has 5 nitrogen and oxygen atoms in total. The molecule has 0 amide bonds. The molecule has 0 N–H and O–H groups in total. The van der Waals surface area contributed by atoms with Gasteiger partial charge in [-0.05, 0) is 19.1 Å². The first-order valence-corrected chi connectivity index (χ1v) is 8.78. The number of ether oxygens (including phenoxy) is 1. The molecule has 0 radical (unpaired) electrons. The topological polar surface area (TPSA) is 61.2 Å². The van der Waals surface area contributed by atoms with Crippen LogP contribution >= 0.6 is 23.2 Å². The van der Waals surface area contributed by atoms with E-state index in [4.69, 9.17) is 34.4 Å². The van der Waals surface area contributed by atoms with Gasteiger partial charge in [-0.3, -0.25) is 0 Å². The number of hydrogen-bond acceptors (Lipinski definition) is 4. The fourth-order valence-corrected chi connectivity index (χ4v) is 3.19. The molecular formula is C14H11Cl2FN2O3S. The van der Waals surface area contributed by atoms with E-state index in [2.05, 4.69) is 11.0 Å². The largest absolute Gasteiger partial charge is 0.479 e. The van der Waals surface area contributed by atoms with Crippen molar-refractivity contribution < 1.29 is 17.5 Å². The molecule has 0 saturated carbocycles. The van der Waals surface area contributed by atoms with E-state index in [1.165, 1.54) is 13.0 Å². The smallest absolute Gasteiger partial charge is 0.251 e. The zero-order valence-electron chi connectivity index (χ0n) is 12.1. The van der Waals surface area contributed by atoms with Gasteiger partial charge in [-0.2, -0.15) is 9.19 Å². The maximum Gasteiger partial charge on any atom is 0.251 e. The summed E-state index contributed by atoms with van der Waals surface area (Å²) in [4.78, 5) is 0. The van der Waals surface area contributed by atoms with Crippen LogP contribution in [-0.4, -0.2) is 30.5 Å². The Bertz CT molecular complexity index is 917. The molecule has 1 aromatic carbocycles. The van der Waals surface area contributed by atoms with Crippen LogP contribution in [0.5, 0.6) is 5.75 Å². The first kappa shape index (κ1) is 17.6. The van der Waals surface area contributed by atoms with Crippen LogP contribution in [0.25, 0.3) is 11.3 Å². The summed E-state index contributed by atoms with van der Waals surface area (Å²) in [7, 11) is -3.67. The number of nitrogens with zero attached hydrogens (tertiary/aromatic N) is 2. The van der Waals surface area contributed by atoms with Crippen molar-refractivity contribution >= 4 is 33.2 Å². The van der Waals surface area contributed by atoms with Crippen molar-refractivity contribution in [3.05, 3.63) is 33.7 Å². The number of halogens is 3. The Labute approximate surface area is 143 Å². The Morgan fingerprint density at radius 1 is 1.43 bits per heavy atom. The van der Waals surface area contributed by atoms with E-state index in [1.807, 2.05) is 0 Å². The lowest BCUT2D eigenvalue weighted by Crippen LogP contribution is -2.13. The molecule has 0 saturated heterocycles. The quantitative estimate of drug-likeness (QED) is 0.769. The second kappa shape index (κ2) is 6.40. The van der Waals surface area contributed by atoms with Crippen LogP contribution in [0.4, 0.5) is 4.39 Å². The highest BCUT2D eigenvalue weighted by Crippen LogP contribution is 2.37. The second-order valence-electron chi connectivity index (χ2n) is 4.61. The standard InChI is InChI=1S/C14H11Cl2FN2O3S/c1-4-5-22-12-6-9(11(17)7-10(12)15)14-13(16)8(2)19(18-14)23(3,20)21/h1,6-7H,5H2,2-3H3. The molecule has 122 valence electrons. The number of benzene rings is 1. The third-order valence-electron chi connectivity index (χ3n) is 2.91. The molecule has 0 unspecified atom stereocenters. The Kier molecular flexibility index (Phi) is 4.90. The summed E-state index contributed by atoms with van der Waals surface area (Å²) >= 11 is 12.0. The molecular weight excluding hydrogens is 366 g/mol. The third-order valence-corrected chi connectivity index (χ3v) is 4.64. The number of aromatic nitrogens is 2. The summed E-state index contributed by atoms with van der Waals surface area (Å²) in [6, 6.07) is 2.29. The van der Waals surface area contributed by atoms with E-state index in [0.29, 0.717) is 0 Å². The molecule has 0 bridgehead atoms. The Balaban J connectivity index is 2.66. The van der Waals surface area contributed by atoms with Gasteiger partial charge < -0.3 is 4.74 Å². The van der Waals surface area contributed by atoms with E-state index < -0.39 is 15.8 Å². The molecule has 2 rings (SSSR count). The van der Waals surface area contributed by atoms with Crippen LogP contribution in [0, 0.1) is 25.1 Å². The van der Waals surface area contributed by atoms with Crippen molar-refractivity contribution in [1.82, 2.24) is 9.19 Å². The Morgan fingerprint density at radius 2 is 2.09 bits per heavy atom. The van der Waals surface area contributed by atoms with Crippen LogP contribution in [0.3, 0.4) is 0 Å². The molecule has 1 heterocycles. The predicted octanol–water partition coefficient (Wildman–Crippen LogP) is 3.12. The lowest BCUT2D eigenvalue weighted by Gasteiger charge is -2.08. The lowest BCUT2D eigenvalue weighted by atomic mass is 10.1. The molecule has 2 aromatic rings. The van der Waals surface area contributed by atoms with Crippen molar-refractivity contribution in [2.45, 2.75) is 6.92 Å². The highest BCUT2D eigenvalue weighted by atomic mass is 35.5. The van der Waals surface area contributed by atoms with E-state index >= 15 is 0 Å². The van der Waals surface area contributed by atoms with Gasteiger partial charge in [0.2, 0.25) is 0 Å². The van der Waals surface area contributed by atoms with Crippen LogP contribution in [0.15, 0.2) is 12.1 Å². The van der Waals surface area contributed by atoms with Gasteiger partial charge in [0.25, 0.3) is 10.0 Å². The highest BCUT2D eigenvalue weighted by Gasteiger charge is 2.23. The maximum atomic E-state index is 14.2. The van der Waals surface area contributed by atoms with Gasteiger partial charge in [0, 0.05) is 5.56 Å². The minimum atomic E-state index is -3.67. The van der Waals surface area contributed by atoms with Gasteiger partial charge in [-0.1, -0.05) is 29.1 Å². The van der Waals surface area contributed by atoms with E-state index in [9.17, 15) is 12.8 Å². The zero-order chi connectivity index (χ0) is 17.4. The summed E-state index contributed by atoms with van der Waals surface area (Å²) in [6.07, 6.45) is 6.07. The van der Waals surface area contributed by atoms with Gasteiger partial charge in [0.1, 0.15) is 23.9 Å². The van der Waals surface area contributed by atoms with Crippen LogP contribution in [0.1, 0.15) is 5.69 Å². The summed E-state index contributed by atoms with van der Waals surface area (Å²) in [5, 5.41) is 3.92. The number of terminal acetylenes is 1. The summed E-state index contributed by atoms with van der Waals surface area (Å²) in [5.41, 5.74) is 0.0934. The number of rotatable bonds is 4. The Morgan fingerprint density at radius 3 is 2.61 bits per heavy atom. The Hall–Kier alpha value is -1.75. The van der Waals surface area contributed by atoms with Crippen molar-refractivity contribution in [3.8, 4) is 29.4 Å².